The van der Waals surface area contributed by atoms with Crippen LogP contribution < -0.4 is 10.5 Å². The standard InChI is InChI=1S/C13H13ClFN3O2S/c1-8-2-3-9(6-17-8)7-18-21(19,20)13-5-12(16)11(15)4-10(13)14/h2-6,18H,7,16H2,1H3. The lowest BCUT2D eigenvalue weighted by molar-refractivity contribution is 0.580. The molecule has 2 rings (SSSR count). The highest BCUT2D eigenvalue weighted by atomic mass is 35.5. The van der Waals surface area contributed by atoms with Crippen molar-refractivity contribution in [3.05, 3.63) is 52.6 Å². The van der Waals surface area contributed by atoms with Gasteiger partial charge < -0.3 is 5.73 Å². The Kier molecular flexibility index (Phi) is 4.46. The molecule has 112 valence electrons. The van der Waals surface area contributed by atoms with E-state index >= 15 is 0 Å². The Morgan fingerprint density at radius 2 is 2.10 bits per heavy atom. The van der Waals surface area contributed by atoms with Crippen LogP contribution in [-0.4, -0.2) is 13.4 Å². The number of hydrogen-bond donors (Lipinski definition) is 2. The zero-order valence-electron chi connectivity index (χ0n) is 11.1. The topological polar surface area (TPSA) is 85.1 Å². The molecular weight excluding hydrogens is 317 g/mol. The van der Waals surface area contributed by atoms with Gasteiger partial charge in [0.2, 0.25) is 10.0 Å². The van der Waals surface area contributed by atoms with E-state index in [1.807, 2.05) is 6.92 Å². The molecule has 0 unspecified atom stereocenters. The number of aryl methyl sites for hydroxylation is 1. The quantitative estimate of drug-likeness (QED) is 0.842. The summed E-state index contributed by atoms with van der Waals surface area (Å²) in [7, 11) is -3.89. The SMILES string of the molecule is Cc1ccc(CNS(=O)(=O)c2cc(N)c(F)cc2Cl)cn1. The number of nitrogens with zero attached hydrogens (tertiary/aromatic N) is 1. The average molecular weight is 330 g/mol. The van der Waals surface area contributed by atoms with Crippen molar-refractivity contribution < 1.29 is 12.8 Å². The van der Waals surface area contributed by atoms with Gasteiger partial charge in [-0.05, 0) is 30.7 Å². The third-order valence-electron chi connectivity index (χ3n) is 2.78. The van der Waals surface area contributed by atoms with E-state index in [0.29, 0.717) is 5.56 Å². The third-order valence-corrected chi connectivity index (χ3v) is 4.65. The Morgan fingerprint density at radius 3 is 2.71 bits per heavy atom. The van der Waals surface area contributed by atoms with E-state index in [9.17, 15) is 12.8 Å². The number of rotatable bonds is 4. The zero-order chi connectivity index (χ0) is 15.6. The number of hydrogen-bond acceptors (Lipinski definition) is 4. The smallest absolute Gasteiger partial charge is 0.242 e. The van der Waals surface area contributed by atoms with E-state index < -0.39 is 15.8 Å². The zero-order valence-corrected chi connectivity index (χ0v) is 12.7. The minimum atomic E-state index is -3.89. The Labute approximate surface area is 127 Å². The van der Waals surface area contributed by atoms with E-state index in [1.165, 1.54) is 0 Å². The molecule has 0 spiro atoms. The van der Waals surface area contributed by atoms with Crippen molar-refractivity contribution in [2.45, 2.75) is 18.4 Å². The predicted molar refractivity (Wildman–Crippen MR) is 78.8 cm³/mol. The summed E-state index contributed by atoms with van der Waals surface area (Å²) in [5.41, 5.74) is 6.61. The normalized spacial score (nSPS) is 11.6. The number of halogens is 2. The highest BCUT2D eigenvalue weighted by Gasteiger charge is 2.19. The number of nitrogens with two attached hydrogens (primary N) is 1. The number of sulfonamides is 1. The molecule has 5 nitrogen and oxygen atoms in total. The Balaban J connectivity index is 2.22. The summed E-state index contributed by atoms with van der Waals surface area (Å²) in [6.45, 7) is 1.87. The van der Waals surface area contributed by atoms with Gasteiger partial charge in [0.15, 0.2) is 0 Å². The second-order valence-electron chi connectivity index (χ2n) is 4.44. The van der Waals surface area contributed by atoms with Gasteiger partial charge in [-0.2, -0.15) is 0 Å². The largest absolute Gasteiger partial charge is 0.396 e. The van der Waals surface area contributed by atoms with Crippen LogP contribution in [0.25, 0.3) is 0 Å². The van der Waals surface area contributed by atoms with Crippen LogP contribution in [0.4, 0.5) is 10.1 Å². The molecule has 8 heteroatoms. The van der Waals surface area contributed by atoms with E-state index in [1.54, 1.807) is 18.3 Å². The van der Waals surface area contributed by atoms with Crippen molar-refractivity contribution in [1.82, 2.24) is 9.71 Å². The van der Waals surface area contributed by atoms with E-state index in [4.69, 9.17) is 17.3 Å². The molecule has 21 heavy (non-hydrogen) atoms. The number of anilines is 1. The summed E-state index contributed by atoms with van der Waals surface area (Å²) in [4.78, 5) is 3.80. The fourth-order valence-corrected chi connectivity index (χ4v) is 3.17. The molecule has 0 amide bonds. The minimum Gasteiger partial charge on any atom is -0.396 e. The second kappa shape index (κ2) is 5.97. The molecule has 1 heterocycles. The molecule has 0 saturated carbocycles. The minimum absolute atomic E-state index is 0.0449. The first-order chi connectivity index (χ1) is 9.79. The average Bonchev–Trinajstić information content (AvgIpc) is 2.42. The molecule has 2 aromatic rings. The van der Waals surface area contributed by atoms with Crippen molar-refractivity contribution in [3.8, 4) is 0 Å². The van der Waals surface area contributed by atoms with Gasteiger partial charge in [-0.25, -0.2) is 17.5 Å². The van der Waals surface area contributed by atoms with Crippen LogP contribution in [0.5, 0.6) is 0 Å². The molecule has 0 aliphatic carbocycles. The molecule has 0 radical (unpaired) electrons. The maximum Gasteiger partial charge on any atom is 0.242 e. The van der Waals surface area contributed by atoms with Crippen molar-refractivity contribution in [1.29, 1.82) is 0 Å². The highest BCUT2D eigenvalue weighted by Crippen LogP contribution is 2.26. The lowest BCUT2D eigenvalue weighted by Gasteiger charge is -2.09. The van der Waals surface area contributed by atoms with Crippen LogP contribution in [-0.2, 0) is 16.6 Å². The first kappa shape index (κ1) is 15.7. The monoisotopic (exact) mass is 329 g/mol. The van der Waals surface area contributed by atoms with Crippen molar-refractivity contribution in [2.75, 3.05) is 5.73 Å². The summed E-state index contributed by atoms with van der Waals surface area (Å²) in [5, 5.41) is -0.226. The first-order valence-corrected chi connectivity index (χ1v) is 7.81. The Hall–Kier alpha value is -1.70. The molecular formula is C13H13ClFN3O2S. The summed E-state index contributed by atoms with van der Waals surface area (Å²) in [6, 6.07) is 5.39. The lowest BCUT2D eigenvalue weighted by atomic mass is 10.2. The van der Waals surface area contributed by atoms with Gasteiger partial charge in [-0.3, -0.25) is 4.98 Å². The summed E-state index contributed by atoms with van der Waals surface area (Å²) in [5.74, 6) is -0.762. The number of aromatic nitrogens is 1. The van der Waals surface area contributed by atoms with Gasteiger partial charge in [0, 0.05) is 18.4 Å². The van der Waals surface area contributed by atoms with Gasteiger partial charge in [0.05, 0.1) is 10.7 Å². The number of nitrogens with one attached hydrogen (secondary N) is 1. The molecule has 0 bridgehead atoms. The first-order valence-electron chi connectivity index (χ1n) is 5.95. The van der Waals surface area contributed by atoms with Crippen LogP contribution in [0.3, 0.4) is 0 Å². The van der Waals surface area contributed by atoms with E-state index in [2.05, 4.69) is 9.71 Å². The molecule has 1 aromatic carbocycles. The maximum absolute atomic E-state index is 13.2. The molecule has 0 aliphatic rings. The van der Waals surface area contributed by atoms with Crippen molar-refractivity contribution in [2.24, 2.45) is 0 Å². The van der Waals surface area contributed by atoms with Crippen LogP contribution in [0.1, 0.15) is 11.3 Å². The van der Waals surface area contributed by atoms with Gasteiger partial charge >= 0.3 is 0 Å². The van der Waals surface area contributed by atoms with E-state index in [0.717, 1.165) is 17.8 Å². The van der Waals surface area contributed by atoms with Crippen LogP contribution in [0, 0.1) is 12.7 Å². The van der Waals surface area contributed by atoms with Crippen LogP contribution in [0.2, 0.25) is 5.02 Å². The summed E-state index contributed by atoms with van der Waals surface area (Å²) in [6.07, 6.45) is 1.57. The Morgan fingerprint density at radius 1 is 1.38 bits per heavy atom. The van der Waals surface area contributed by atoms with Gasteiger partial charge in [-0.1, -0.05) is 17.7 Å². The fourth-order valence-electron chi connectivity index (χ4n) is 1.61. The fraction of sp³-hybridized carbons (Fsp3) is 0.154. The van der Waals surface area contributed by atoms with Gasteiger partial charge in [0.25, 0.3) is 0 Å². The lowest BCUT2D eigenvalue weighted by Crippen LogP contribution is -2.24. The molecule has 3 N–H and O–H groups in total. The maximum atomic E-state index is 13.2. The molecule has 0 fully saturated rings. The van der Waals surface area contributed by atoms with E-state index in [-0.39, 0.29) is 22.2 Å². The predicted octanol–water partition coefficient (Wildman–Crippen LogP) is 2.24. The van der Waals surface area contributed by atoms with Crippen molar-refractivity contribution in [3.63, 3.8) is 0 Å². The summed E-state index contributed by atoms with van der Waals surface area (Å²) < 4.78 is 39.9. The molecule has 1 aromatic heterocycles. The Bertz CT molecular complexity index is 764. The second-order valence-corrected chi connectivity index (χ2v) is 6.58. The summed E-state index contributed by atoms with van der Waals surface area (Å²) >= 11 is 5.76. The van der Waals surface area contributed by atoms with Gasteiger partial charge in [0.1, 0.15) is 10.7 Å². The highest BCUT2D eigenvalue weighted by molar-refractivity contribution is 7.89. The van der Waals surface area contributed by atoms with Crippen LogP contribution in [0.15, 0.2) is 35.4 Å². The third kappa shape index (κ3) is 3.69. The number of pyridine rings is 1. The molecule has 0 aliphatic heterocycles. The van der Waals surface area contributed by atoms with Crippen LogP contribution >= 0.6 is 11.6 Å². The number of benzene rings is 1. The van der Waals surface area contributed by atoms with Gasteiger partial charge in [-0.15, -0.1) is 0 Å². The van der Waals surface area contributed by atoms with Crippen molar-refractivity contribution >= 4 is 27.3 Å². The number of nitrogen functional groups attached to an aromatic ring is 1. The molecule has 0 saturated heterocycles. The molecule has 0 atom stereocenters.